The molecule has 0 saturated carbocycles. The summed E-state index contributed by atoms with van der Waals surface area (Å²) >= 11 is 1.47. The molecule has 3 aromatic rings. The van der Waals surface area contributed by atoms with Gasteiger partial charge in [0.2, 0.25) is 0 Å². The lowest BCUT2D eigenvalue weighted by atomic mass is 9.99. The van der Waals surface area contributed by atoms with Crippen molar-refractivity contribution in [2.75, 3.05) is 0 Å². The van der Waals surface area contributed by atoms with Gasteiger partial charge in [0.15, 0.2) is 0 Å². The summed E-state index contributed by atoms with van der Waals surface area (Å²) in [6, 6.07) is 0. The largest absolute Gasteiger partial charge is 0.488 e. The minimum Gasteiger partial charge on any atom is -0.488 e. The second-order valence-corrected chi connectivity index (χ2v) is 6.16. The third-order valence-corrected chi connectivity index (χ3v) is 4.92. The van der Waals surface area contributed by atoms with Crippen molar-refractivity contribution in [2.24, 2.45) is 0 Å². The van der Waals surface area contributed by atoms with Crippen LogP contribution >= 0.6 is 11.3 Å². The molecule has 4 heterocycles. The number of thiophene rings is 1. The topological polar surface area (TPSA) is 70.8 Å². The van der Waals surface area contributed by atoms with Gasteiger partial charge in [-0.2, -0.15) is 5.10 Å². The Hall–Kier alpha value is -2.08. The fourth-order valence-electron chi connectivity index (χ4n) is 2.80. The van der Waals surface area contributed by atoms with Gasteiger partial charge in [-0.1, -0.05) is 0 Å². The van der Waals surface area contributed by atoms with E-state index in [1.54, 1.807) is 6.20 Å². The molecule has 1 aliphatic rings. The predicted octanol–water partition coefficient (Wildman–Crippen LogP) is 2.61. The minimum absolute atomic E-state index is 0.0413. The van der Waals surface area contributed by atoms with Crippen LogP contribution in [0.4, 0.5) is 0 Å². The monoisotopic (exact) mass is 287 g/mol. The maximum Gasteiger partial charge on any atom is 0.266 e. The van der Waals surface area contributed by atoms with Gasteiger partial charge in [-0.25, -0.2) is 0 Å². The zero-order chi connectivity index (χ0) is 13.9. The van der Waals surface area contributed by atoms with E-state index >= 15 is 0 Å². The summed E-state index contributed by atoms with van der Waals surface area (Å²) in [6.45, 7) is 4.00. The number of rotatable bonds is 1. The fourth-order valence-corrected chi connectivity index (χ4v) is 3.94. The first-order valence-corrected chi connectivity index (χ1v) is 7.31. The lowest BCUT2D eigenvalue weighted by Crippen LogP contribution is -2.22. The van der Waals surface area contributed by atoms with Crippen molar-refractivity contribution in [2.45, 2.75) is 26.4 Å². The number of aromatic nitrogens is 3. The van der Waals surface area contributed by atoms with E-state index in [9.17, 15) is 4.79 Å². The van der Waals surface area contributed by atoms with Gasteiger partial charge in [-0.15, -0.1) is 11.3 Å². The van der Waals surface area contributed by atoms with E-state index in [0.29, 0.717) is 0 Å². The van der Waals surface area contributed by atoms with Gasteiger partial charge in [0.05, 0.1) is 11.1 Å². The van der Waals surface area contributed by atoms with Crippen molar-refractivity contribution in [3.05, 3.63) is 34.0 Å². The van der Waals surface area contributed by atoms with Crippen molar-refractivity contribution in [3.8, 4) is 16.2 Å². The Morgan fingerprint density at radius 2 is 2.35 bits per heavy atom. The smallest absolute Gasteiger partial charge is 0.266 e. The molecule has 0 aliphatic carbocycles. The molecule has 20 heavy (non-hydrogen) atoms. The highest BCUT2D eigenvalue weighted by Crippen LogP contribution is 2.47. The Morgan fingerprint density at radius 3 is 3.10 bits per heavy atom. The first-order chi connectivity index (χ1) is 9.65. The summed E-state index contributed by atoms with van der Waals surface area (Å²) < 4.78 is 6.76. The number of aryl methyl sites for hydroxylation is 1. The lowest BCUT2D eigenvalue weighted by molar-refractivity contribution is 0.219. The molecule has 0 saturated heterocycles. The molecule has 6 heteroatoms. The van der Waals surface area contributed by atoms with Gasteiger partial charge in [-0.3, -0.25) is 9.89 Å². The summed E-state index contributed by atoms with van der Waals surface area (Å²) in [5.74, 6) is 0.828. The number of pyridine rings is 1. The molecule has 1 atom stereocenters. The van der Waals surface area contributed by atoms with Gasteiger partial charge < -0.3 is 9.72 Å². The predicted molar refractivity (Wildman–Crippen MR) is 78.6 cm³/mol. The Balaban J connectivity index is 2.15. The number of ether oxygens (including phenoxy) is 1. The van der Waals surface area contributed by atoms with Gasteiger partial charge in [0.1, 0.15) is 16.6 Å². The Bertz CT molecular complexity index is 861. The molecule has 0 amide bonds. The zero-order valence-corrected chi connectivity index (χ0v) is 11.9. The van der Waals surface area contributed by atoms with E-state index in [2.05, 4.69) is 22.1 Å². The highest BCUT2D eigenvalue weighted by Gasteiger charge is 2.28. The van der Waals surface area contributed by atoms with Crippen LogP contribution in [-0.2, 0) is 6.42 Å². The van der Waals surface area contributed by atoms with Crippen LogP contribution in [0.25, 0.3) is 20.5 Å². The van der Waals surface area contributed by atoms with Crippen molar-refractivity contribution in [3.63, 3.8) is 0 Å². The van der Waals surface area contributed by atoms with Crippen molar-refractivity contribution < 1.29 is 4.74 Å². The molecular weight excluding hydrogens is 274 g/mol. The molecule has 0 fully saturated rings. The average molecular weight is 287 g/mol. The molecule has 0 radical (unpaired) electrons. The van der Waals surface area contributed by atoms with Crippen LogP contribution in [0, 0.1) is 6.92 Å². The zero-order valence-electron chi connectivity index (χ0n) is 11.1. The van der Waals surface area contributed by atoms with Gasteiger partial charge in [-0.05, 0) is 19.4 Å². The van der Waals surface area contributed by atoms with Crippen LogP contribution in [0.15, 0.2) is 17.2 Å². The second-order valence-electron chi connectivity index (χ2n) is 5.14. The number of nitrogens with one attached hydrogen (secondary N) is 2. The standard InChI is InChI=1S/C14H13N3O2S/c1-6-3-9-7(2)17-14(18)13-10(9)11(19-6)12(20-13)8-4-15-16-5-8/h4-6H,3H2,1-2H3,(H,15,16)(H,17,18). The Morgan fingerprint density at radius 1 is 1.50 bits per heavy atom. The molecule has 3 aromatic heterocycles. The number of H-pyrrole nitrogens is 2. The third-order valence-electron chi connectivity index (χ3n) is 3.70. The third kappa shape index (κ3) is 1.48. The molecule has 1 unspecified atom stereocenters. The molecule has 0 bridgehead atoms. The van der Waals surface area contributed by atoms with Crippen molar-refractivity contribution in [1.82, 2.24) is 15.2 Å². The van der Waals surface area contributed by atoms with Crippen LogP contribution in [-0.4, -0.2) is 21.3 Å². The molecule has 2 N–H and O–H groups in total. The summed E-state index contributed by atoms with van der Waals surface area (Å²) in [5.41, 5.74) is 3.05. The maximum absolute atomic E-state index is 12.2. The molecule has 0 spiro atoms. The normalized spacial score (nSPS) is 17.4. The first kappa shape index (κ1) is 11.7. The average Bonchev–Trinajstić information content (AvgIpc) is 3.02. The van der Waals surface area contributed by atoms with Crippen LogP contribution in [0.5, 0.6) is 5.75 Å². The number of nitrogens with zero attached hydrogens (tertiary/aromatic N) is 1. The van der Waals surface area contributed by atoms with E-state index in [4.69, 9.17) is 4.74 Å². The molecule has 4 rings (SSSR count). The van der Waals surface area contributed by atoms with Crippen LogP contribution in [0.3, 0.4) is 0 Å². The summed E-state index contributed by atoms with van der Waals surface area (Å²) in [6.07, 6.45) is 4.51. The Kier molecular flexibility index (Phi) is 2.32. The summed E-state index contributed by atoms with van der Waals surface area (Å²) in [7, 11) is 0. The van der Waals surface area contributed by atoms with Crippen LogP contribution in [0.2, 0.25) is 0 Å². The molecule has 0 aromatic carbocycles. The van der Waals surface area contributed by atoms with Crippen molar-refractivity contribution >= 4 is 21.4 Å². The molecular formula is C14H13N3O2S. The van der Waals surface area contributed by atoms with Gasteiger partial charge >= 0.3 is 0 Å². The van der Waals surface area contributed by atoms with Crippen LogP contribution in [0.1, 0.15) is 18.2 Å². The van der Waals surface area contributed by atoms with Gasteiger partial charge in [0, 0.05) is 29.3 Å². The van der Waals surface area contributed by atoms with E-state index in [-0.39, 0.29) is 11.7 Å². The number of aromatic amines is 2. The first-order valence-electron chi connectivity index (χ1n) is 6.49. The van der Waals surface area contributed by atoms with Gasteiger partial charge in [0.25, 0.3) is 5.56 Å². The van der Waals surface area contributed by atoms with E-state index in [1.807, 2.05) is 13.1 Å². The molecule has 102 valence electrons. The fraction of sp³-hybridized carbons (Fsp3) is 0.286. The lowest BCUT2D eigenvalue weighted by Gasteiger charge is -2.22. The maximum atomic E-state index is 12.2. The van der Waals surface area contributed by atoms with E-state index in [1.165, 1.54) is 16.9 Å². The quantitative estimate of drug-likeness (QED) is 0.722. The Labute approximate surface area is 118 Å². The molecule has 5 nitrogen and oxygen atoms in total. The van der Waals surface area contributed by atoms with Crippen molar-refractivity contribution in [1.29, 1.82) is 0 Å². The van der Waals surface area contributed by atoms with Crippen LogP contribution < -0.4 is 10.3 Å². The highest BCUT2D eigenvalue weighted by atomic mass is 32.1. The second kappa shape index (κ2) is 3.96. The number of hydrogen-bond donors (Lipinski definition) is 2. The summed E-state index contributed by atoms with van der Waals surface area (Å²) in [4.78, 5) is 16.1. The number of hydrogen-bond acceptors (Lipinski definition) is 4. The molecule has 1 aliphatic heterocycles. The SMILES string of the molecule is Cc1[nH]c(=O)c2sc(-c3cn[nH]c3)c3c2c1CC(C)O3. The van der Waals surface area contributed by atoms with E-state index < -0.39 is 0 Å². The van der Waals surface area contributed by atoms with E-state index in [0.717, 1.165) is 38.4 Å². The highest BCUT2D eigenvalue weighted by molar-refractivity contribution is 7.22. The minimum atomic E-state index is -0.0413. The summed E-state index contributed by atoms with van der Waals surface area (Å²) in [5, 5.41) is 7.77.